The molecule has 6 heteroatoms. The molecule has 150 valence electrons. The Bertz CT molecular complexity index is 737. The maximum atomic E-state index is 5.75. The molecule has 2 N–H and O–H groups in total. The average Bonchev–Trinajstić information content (AvgIpc) is 3.26. The van der Waals surface area contributed by atoms with E-state index in [0.29, 0.717) is 19.7 Å². The molecule has 1 fully saturated rings. The average molecular weight is 382 g/mol. The molecule has 0 saturated carbocycles. The predicted octanol–water partition coefficient (Wildman–Crippen LogP) is 3.12. The van der Waals surface area contributed by atoms with E-state index in [9.17, 15) is 0 Å². The molecule has 6 nitrogen and oxygen atoms in total. The molecule has 1 aromatic heterocycles. The first kappa shape index (κ1) is 20.0. The number of aryl methyl sites for hydroxylation is 1. The van der Waals surface area contributed by atoms with Crippen LogP contribution < -0.4 is 20.3 Å². The van der Waals surface area contributed by atoms with Crippen LogP contribution in [0, 0.1) is 6.92 Å². The van der Waals surface area contributed by atoms with E-state index in [0.717, 1.165) is 42.7 Å². The maximum absolute atomic E-state index is 5.75. The summed E-state index contributed by atoms with van der Waals surface area (Å²) in [6.07, 6.45) is 4.46. The highest BCUT2D eigenvalue weighted by molar-refractivity contribution is 5.79. The molecule has 1 aliphatic heterocycles. The predicted molar refractivity (Wildman–Crippen MR) is 115 cm³/mol. The van der Waals surface area contributed by atoms with Crippen LogP contribution in [0.25, 0.3) is 0 Å². The van der Waals surface area contributed by atoms with Crippen LogP contribution in [0.15, 0.2) is 47.6 Å². The minimum absolute atomic E-state index is 0.583. The number of anilines is 1. The number of hydrogen-bond donors (Lipinski definition) is 2. The second-order valence-corrected chi connectivity index (χ2v) is 7.00. The van der Waals surface area contributed by atoms with E-state index in [1.165, 1.54) is 18.4 Å². The molecule has 0 atom stereocenters. The zero-order valence-electron chi connectivity index (χ0n) is 16.9. The quantitative estimate of drug-likeness (QED) is 0.418. The monoisotopic (exact) mass is 381 g/mol. The van der Waals surface area contributed by atoms with Gasteiger partial charge in [-0.3, -0.25) is 0 Å². The van der Waals surface area contributed by atoms with E-state index in [4.69, 9.17) is 4.74 Å². The maximum Gasteiger partial charge on any atom is 0.191 e. The van der Waals surface area contributed by atoms with Gasteiger partial charge in [0.15, 0.2) is 5.96 Å². The molecule has 0 spiro atoms. The number of aromatic nitrogens is 1. The van der Waals surface area contributed by atoms with Crippen molar-refractivity contribution in [2.24, 2.45) is 4.99 Å². The minimum Gasteiger partial charge on any atom is -0.492 e. The summed E-state index contributed by atoms with van der Waals surface area (Å²) >= 11 is 0. The number of pyridine rings is 1. The van der Waals surface area contributed by atoms with Gasteiger partial charge in [0.25, 0.3) is 0 Å². The van der Waals surface area contributed by atoms with Gasteiger partial charge in [-0.1, -0.05) is 23.8 Å². The van der Waals surface area contributed by atoms with Crippen molar-refractivity contribution in [3.8, 4) is 5.75 Å². The molecule has 2 heterocycles. The van der Waals surface area contributed by atoms with E-state index < -0.39 is 0 Å². The highest BCUT2D eigenvalue weighted by Gasteiger charge is 2.12. The Balaban J connectivity index is 1.45. The molecule has 3 rings (SSSR count). The molecule has 2 aromatic rings. The van der Waals surface area contributed by atoms with Crippen molar-refractivity contribution < 1.29 is 4.74 Å². The van der Waals surface area contributed by atoms with Crippen molar-refractivity contribution in [2.75, 3.05) is 37.7 Å². The highest BCUT2D eigenvalue weighted by atomic mass is 16.5. The normalized spacial score (nSPS) is 14.2. The second-order valence-electron chi connectivity index (χ2n) is 7.00. The van der Waals surface area contributed by atoms with E-state index in [1.54, 1.807) is 0 Å². The Hall–Kier alpha value is -2.76. The third kappa shape index (κ3) is 6.15. The molecule has 0 aliphatic carbocycles. The van der Waals surface area contributed by atoms with Crippen molar-refractivity contribution in [3.05, 3.63) is 53.7 Å². The van der Waals surface area contributed by atoms with Gasteiger partial charge in [-0.25, -0.2) is 9.98 Å². The Morgan fingerprint density at radius 3 is 2.57 bits per heavy atom. The lowest BCUT2D eigenvalue weighted by Crippen LogP contribution is -2.39. The van der Waals surface area contributed by atoms with Gasteiger partial charge in [-0.2, -0.15) is 0 Å². The first-order valence-electron chi connectivity index (χ1n) is 10.2. The van der Waals surface area contributed by atoms with Crippen molar-refractivity contribution >= 4 is 11.8 Å². The highest BCUT2D eigenvalue weighted by Crippen LogP contribution is 2.17. The Morgan fingerprint density at radius 2 is 1.89 bits per heavy atom. The van der Waals surface area contributed by atoms with Crippen LogP contribution in [0.1, 0.15) is 30.9 Å². The standard InChI is InChI=1S/C22H31N5O/c1-3-23-22(24-12-15-28-20-9-6-18(2)7-10-20)26-17-19-8-11-21(25-16-19)27-13-4-5-14-27/h6-11,16H,3-5,12-15,17H2,1-2H3,(H2,23,24,26). The zero-order valence-corrected chi connectivity index (χ0v) is 16.9. The van der Waals surface area contributed by atoms with Crippen LogP contribution in [0.3, 0.4) is 0 Å². The molecule has 0 amide bonds. The number of aliphatic imine (C=N–C) groups is 1. The van der Waals surface area contributed by atoms with E-state index in [1.807, 2.05) is 18.3 Å². The molecule has 1 aromatic carbocycles. The van der Waals surface area contributed by atoms with Gasteiger partial charge < -0.3 is 20.3 Å². The fourth-order valence-corrected chi connectivity index (χ4v) is 3.13. The minimum atomic E-state index is 0.583. The zero-order chi connectivity index (χ0) is 19.6. The molecule has 28 heavy (non-hydrogen) atoms. The summed E-state index contributed by atoms with van der Waals surface area (Å²) in [4.78, 5) is 11.6. The lowest BCUT2D eigenvalue weighted by atomic mass is 10.2. The van der Waals surface area contributed by atoms with Gasteiger partial charge in [0, 0.05) is 25.8 Å². The summed E-state index contributed by atoms with van der Waals surface area (Å²) in [6.45, 7) is 9.04. The topological polar surface area (TPSA) is 61.8 Å². The number of hydrogen-bond acceptors (Lipinski definition) is 4. The number of guanidine groups is 1. The van der Waals surface area contributed by atoms with Crippen LogP contribution >= 0.6 is 0 Å². The van der Waals surface area contributed by atoms with Crippen LogP contribution in [-0.4, -0.2) is 43.7 Å². The fraction of sp³-hybridized carbons (Fsp3) is 0.455. The van der Waals surface area contributed by atoms with E-state index >= 15 is 0 Å². The van der Waals surface area contributed by atoms with Crippen LogP contribution in [0.4, 0.5) is 5.82 Å². The summed E-state index contributed by atoms with van der Waals surface area (Å²) in [6, 6.07) is 12.3. The molecule has 0 unspecified atom stereocenters. The summed E-state index contributed by atoms with van der Waals surface area (Å²) in [7, 11) is 0. The third-order valence-corrected chi connectivity index (χ3v) is 4.69. The fourth-order valence-electron chi connectivity index (χ4n) is 3.13. The summed E-state index contributed by atoms with van der Waals surface area (Å²) in [5.41, 5.74) is 2.34. The molecular formula is C22H31N5O. The van der Waals surface area contributed by atoms with Gasteiger partial charge >= 0.3 is 0 Å². The molecule has 0 bridgehead atoms. The van der Waals surface area contributed by atoms with Crippen molar-refractivity contribution in [1.29, 1.82) is 0 Å². The smallest absolute Gasteiger partial charge is 0.191 e. The SMILES string of the molecule is CCNC(=NCc1ccc(N2CCCC2)nc1)NCCOc1ccc(C)cc1. The Labute approximate surface area is 168 Å². The van der Waals surface area contributed by atoms with Crippen molar-refractivity contribution in [1.82, 2.24) is 15.6 Å². The molecule has 1 saturated heterocycles. The lowest BCUT2D eigenvalue weighted by Gasteiger charge is -2.16. The van der Waals surface area contributed by atoms with Crippen molar-refractivity contribution in [3.63, 3.8) is 0 Å². The number of rotatable bonds is 8. The van der Waals surface area contributed by atoms with Gasteiger partial charge in [-0.05, 0) is 50.5 Å². The van der Waals surface area contributed by atoms with Gasteiger partial charge in [0.2, 0.25) is 0 Å². The van der Waals surface area contributed by atoms with Crippen molar-refractivity contribution in [2.45, 2.75) is 33.2 Å². The van der Waals surface area contributed by atoms with Crippen LogP contribution in [0.2, 0.25) is 0 Å². The number of nitrogens with one attached hydrogen (secondary N) is 2. The number of ether oxygens (including phenoxy) is 1. The van der Waals surface area contributed by atoms with Gasteiger partial charge in [0.1, 0.15) is 18.2 Å². The van der Waals surface area contributed by atoms with Gasteiger partial charge in [0.05, 0.1) is 13.1 Å². The first-order valence-corrected chi connectivity index (χ1v) is 10.2. The Morgan fingerprint density at radius 1 is 1.11 bits per heavy atom. The van der Waals surface area contributed by atoms with Crippen LogP contribution in [0.5, 0.6) is 5.75 Å². The molecular weight excluding hydrogens is 350 g/mol. The second kappa shape index (κ2) is 10.5. The molecule has 1 aliphatic rings. The molecule has 0 radical (unpaired) electrons. The largest absolute Gasteiger partial charge is 0.492 e. The first-order chi connectivity index (χ1) is 13.7. The summed E-state index contributed by atoms with van der Waals surface area (Å²) < 4.78 is 5.75. The number of benzene rings is 1. The van der Waals surface area contributed by atoms with E-state index in [-0.39, 0.29) is 0 Å². The number of nitrogens with zero attached hydrogens (tertiary/aromatic N) is 3. The van der Waals surface area contributed by atoms with Crippen LogP contribution in [-0.2, 0) is 6.54 Å². The third-order valence-electron chi connectivity index (χ3n) is 4.69. The van der Waals surface area contributed by atoms with E-state index in [2.05, 4.69) is 63.6 Å². The summed E-state index contributed by atoms with van der Waals surface area (Å²) in [5.74, 6) is 2.75. The summed E-state index contributed by atoms with van der Waals surface area (Å²) in [5, 5.41) is 6.58. The lowest BCUT2D eigenvalue weighted by molar-refractivity contribution is 0.322. The Kier molecular flexibility index (Phi) is 7.53. The van der Waals surface area contributed by atoms with Gasteiger partial charge in [-0.15, -0.1) is 0 Å².